The van der Waals surface area contributed by atoms with E-state index in [0.29, 0.717) is 5.56 Å². The Morgan fingerprint density at radius 1 is 1.16 bits per heavy atom. The molecule has 136 valence electrons. The Balaban J connectivity index is 2.17. The van der Waals surface area contributed by atoms with E-state index in [1.165, 1.54) is 12.1 Å². The predicted molar refractivity (Wildman–Crippen MR) is 89.3 cm³/mol. The molecule has 0 radical (unpaired) electrons. The molecule has 1 heterocycles. The fourth-order valence-corrected chi connectivity index (χ4v) is 2.74. The molecular formula is C16H20N2O6S. The van der Waals surface area contributed by atoms with E-state index in [1.54, 1.807) is 26.8 Å². The molecule has 25 heavy (non-hydrogen) atoms. The molecule has 0 fully saturated rings. The first-order valence-corrected chi connectivity index (χ1v) is 9.42. The van der Waals surface area contributed by atoms with Crippen molar-refractivity contribution in [2.45, 2.75) is 32.9 Å². The maximum absolute atomic E-state index is 12.4. The van der Waals surface area contributed by atoms with Gasteiger partial charge in [-0.05, 0) is 38.5 Å². The number of fused-ring (bicyclic) bond motifs is 1. The number of carbonyl (C=O) groups excluding carboxylic acids is 3. The summed E-state index contributed by atoms with van der Waals surface area (Å²) in [5.41, 5.74) is 0.128. The van der Waals surface area contributed by atoms with Crippen molar-refractivity contribution in [3.8, 4) is 0 Å². The molecule has 0 bridgehead atoms. The zero-order valence-corrected chi connectivity index (χ0v) is 15.3. The number of esters is 1. The molecule has 2 amide bonds. The molecule has 1 aromatic rings. The third kappa shape index (κ3) is 4.86. The lowest BCUT2D eigenvalue weighted by Gasteiger charge is -2.21. The van der Waals surface area contributed by atoms with Crippen LogP contribution in [-0.2, 0) is 26.1 Å². The number of hydrogen-bond acceptors (Lipinski definition) is 6. The van der Waals surface area contributed by atoms with Gasteiger partial charge in [-0.2, -0.15) is 0 Å². The summed E-state index contributed by atoms with van der Waals surface area (Å²) < 4.78 is 29.7. The molecule has 2 rings (SSSR count). The number of imide groups is 1. The van der Waals surface area contributed by atoms with Gasteiger partial charge in [-0.25, -0.2) is 13.1 Å². The van der Waals surface area contributed by atoms with Crippen molar-refractivity contribution in [2.75, 3.05) is 12.8 Å². The zero-order valence-electron chi connectivity index (χ0n) is 14.5. The van der Waals surface area contributed by atoms with Crippen molar-refractivity contribution in [3.63, 3.8) is 0 Å². The Bertz CT molecular complexity index is 839. The Morgan fingerprint density at radius 2 is 1.76 bits per heavy atom. The molecule has 0 spiro atoms. The summed E-state index contributed by atoms with van der Waals surface area (Å²) in [6, 6.07) is 4.45. The molecule has 0 aromatic heterocycles. The topological polar surface area (TPSA) is 110 Å². The Kier molecular flexibility index (Phi) is 5.01. The Labute approximate surface area is 146 Å². The van der Waals surface area contributed by atoms with E-state index in [-0.39, 0.29) is 17.7 Å². The first-order valence-electron chi connectivity index (χ1n) is 7.53. The van der Waals surface area contributed by atoms with Crippen molar-refractivity contribution in [3.05, 3.63) is 34.9 Å². The molecular weight excluding hydrogens is 348 g/mol. The molecule has 0 saturated heterocycles. The number of hydrogen-bond donors (Lipinski definition) is 1. The highest BCUT2D eigenvalue weighted by atomic mass is 32.2. The number of rotatable bonds is 5. The van der Waals surface area contributed by atoms with Crippen LogP contribution in [-0.4, -0.2) is 49.5 Å². The second-order valence-electron chi connectivity index (χ2n) is 6.76. The maximum Gasteiger partial charge on any atom is 0.326 e. The van der Waals surface area contributed by atoms with Crippen LogP contribution in [0.5, 0.6) is 0 Å². The van der Waals surface area contributed by atoms with Gasteiger partial charge in [0, 0.05) is 6.54 Å². The van der Waals surface area contributed by atoms with E-state index in [2.05, 4.69) is 4.72 Å². The van der Waals surface area contributed by atoms with Crippen LogP contribution in [0.3, 0.4) is 0 Å². The third-order valence-corrected chi connectivity index (χ3v) is 3.95. The molecule has 1 aliphatic rings. The smallest absolute Gasteiger partial charge is 0.326 e. The second-order valence-corrected chi connectivity index (χ2v) is 8.59. The Morgan fingerprint density at radius 3 is 2.32 bits per heavy atom. The summed E-state index contributed by atoms with van der Waals surface area (Å²) in [7, 11) is -3.38. The van der Waals surface area contributed by atoms with Crippen LogP contribution in [0.4, 0.5) is 0 Å². The number of ether oxygens (including phenoxy) is 1. The van der Waals surface area contributed by atoms with Crippen molar-refractivity contribution in [1.82, 2.24) is 9.62 Å². The predicted octanol–water partition coefficient (Wildman–Crippen LogP) is 0.673. The SMILES string of the molecule is CC(C)(C)OC(=O)CN1C(=O)c2ccc(CNS(C)(=O)=O)cc2C1=O. The van der Waals surface area contributed by atoms with E-state index < -0.39 is 40.0 Å². The number of nitrogens with one attached hydrogen (secondary N) is 1. The van der Waals surface area contributed by atoms with Crippen LogP contribution >= 0.6 is 0 Å². The zero-order chi connectivity index (χ0) is 19.0. The van der Waals surface area contributed by atoms with Gasteiger partial charge in [0.1, 0.15) is 12.1 Å². The molecule has 9 heteroatoms. The van der Waals surface area contributed by atoms with Crippen LogP contribution in [0, 0.1) is 0 Å². The normalized spacial score (nSPS) is 14.6. The third-order valence-electron chi connectivity index (χ3n) is 3.28. The van der Waals surface area contributed by atoms with Crippen molar-refractivity contribution >= 4 is 27.8 Å². The summed E-state index contributed by atoms with van der Waals surface area (Å²) in [6.45, 7) is 4.59. The summed E-state index contributed by atoms with van der Waals surface area (Å²) in [5, 5.41) is 0. The molecule has 0 atom stereocenters. The van der Waals surface area contributed by atoms with Gasteiger partial charge >= 0.3 is 5.97 Å². The van der Waals surface area contributed by atoms with Crippen molar-refractivity contribution in [2.24, 2.45) is 0 Å². The lowest BCUT2D eigenvalue weighted by Crippen LogP contribution is -2.38. The number of benzene rings is 1. The highest BCUT2D eigenvalue weighted by molar-refractivity contribution is 7.88. The largest absolute Gasteiger partial charge is 0.459 e. The fraction of sp³-hybridized carbons (Fsp3) is 0.438. The molecule has 0 unspecified atom stereocenters. The average molecular weight is 368 g/mol. The van der Waals surface area contributed by atoms with Gasteiger partial charge in [-0.3, -0.25) is 19.3 Å². The van der Waals surface area contributed by atoms with Gasteiger partial charge in [-0.15, -0.1) is 0 Å². The quantitative estimate of drug-likeness (QED) is 0.604. The van der Waals surface area contributed by atoms with E-state index >= 15 is 0 Å². The standard InChI is InChI=1S/C16H20N2O6S/c1-16(2,3)24-13(19)9-18-14(20)11-6-5-10(7-12(11)15(18)21)8-17-25(4,22)23/h5-7,17H,8-9H2,1-4H3. The molecule has 0 saturated carbocycles. The molecule has 1 aromatic carbocycles. The minimum Gasteiger partial charge on any atom is -0.459 e. The number of sulfonamides is 1. The number of carbonyl (C=O) groups is 3. The van der Waals surface area contributed by atoms with Crippen molar-refractivity contribution < 1.29 is 27.5 Å². The van der Waals surface area contributed by atoms with Crippen LogP contribution < -0.4 is 4.72 Å². The van der Waals surface area contributed by atoms with Crippen LogP contribution in [0.1, 0.15) is 47.1 Å². The van der Waals surface area contributed by atoms with E-state index in [0.717, 1.165) is 11.2 Å². The van der Waals surface area contributed by atoms with E-state index in [4.69, 9.17) is 4.74 Å². The minimum absolute atomic E-state index is 0.000348. The summed E-state index contributed by atoms with van der Waals surface area (Å²) >= 11 is 0. The maximum atomic E-state index is 12.4. The van der Waals surface area contributed by atoms with Crippen LogP contribution in [0.15, 0.2) is 18.2 Å². The summed E-state index contributed by atoms with van der Waals surface area (Å²) in [4.78, 5) is 37.5. The average Bonchev–Trinajstić information content (AvgIpc) is 2.67. The van der Waals surface area contributed by atoms with Crippen LogP contribution in [0.2, 0.25) is 0 Å². The lowest BCUT2D eigenvalue weighted by atomic mass is 10.1. The molecule has 1 N–H and O–H groups in total. The second kappa shape index (κ2) is 6.57. The van der Waals surface area contributed by atoms with Gasteiger partial charge in [0.15, 0.2) is 0 Å². The first-order chi connectivity index (χ1) is 11.4. The molecule has 1 aliphatic heterocycles. The van der Waals surface area contributed by atoms with E-state index in [1.807, 2.05) is 0 Å². The number of nitrogens with zero attached hydrogens (tertiary/aromatic N) is 1. The van der Waals surface area contributed by atoms with Gasteiger partial charge < -0.3 is 4.74 Å². The van der Waals surface area contributed by atoms with Gasteiger partial charge in [0.2, 0.25) is 10.0 Å². The van der Waals surface area contributed by atoms with E-state index in [9.17, 15) is 22.8 Å². The highest BCUT2D eigenvalue weighted by Gasteiger charge is 2.37. The van der Waals surface area contributed by atoms with Gasteiger partial charge in [-0.1, -0.05) is 6.07 Å². The Hall–Kier alpha value is -2.26. The summed E-state index contributed by atoms with van der Waals surface area (Å²) in [5.74, 6) is -1.86. The lowest BCUT2D eigenvalue weighted by molar-refractivity contribution is -0.155. The molecule has 8 nitrogen and oxygen atoms in total. The fourth-order valence-electron chi connectivity index (χ4n) is 2.31. The number of amides is 2. The molecule has 0 aliphatic carbocycles. The van der Waals surface area contributed by atoms with Gasteiger partial charge in [0.05, 0.1) is 17.4 Å². The minimum atomic E-state index is -3.38. The monoisotopic (exact) mass is 368 g/mol. The van der Waals surface area contributed by atoms with Gasteiger partial charge in [0.25, 0.3) is 11.8 Å². The first kappa shape index (κ1) is 19.1. The van der Waals surface area contributed by atoms with Crippen molar-refractivity contribution in [1.29, 1.82) is 0 Å². The summed E-state index contributed by atoms with van der Waals surface area (Å²) in [6.07, 6.45) is 1.03. The van der Waals surface area contributed by atoms with Crippen LogP contribution in [0.25, 0.3) is 0 Å². The highest BCUT2D eigenvalue weighted by Crippen LogP contribution is 2.24.